The molecule has 1 atom stereocenters. The van der Waals surface area contributed by atoms with Gasteiger partial charge in [-0.25, -0.2) is 4.79 Å². The highest BCUT2D eigenvalue weighted by Gasteiger charge is 2.25. The van der Waals surface area contributed by atoms with Crippen LogP contribution in [-0.4, -0.2) is 60.5 Å². The van der Waals surface area contributed by atoms with Crippen molar-refractivity contribution < 1.29 is 14.3 Å². The van der Waals surface area contributed by atoms with Crippen molar-refractivity contribution >= 4 is 11.9 Å². The zero-order chi connectivity index (χ0) is 19.9. The number of likely N-dealkylation sites (tertiary alicyclic amines) is 1. The maximum Gasteiger partial charge on any atom is 0.337 e. The highest BCUT2D eigenvalue weighted by atomic mass is 16.5. The summed E-state index contributed by atoms with van der Waals surface area (Å²) in [6.45, 7) is 2.97. The van der Waals surface area contributed by atoms with Crippen molar-refractivity contribution in [1.82, 2.24) is 14.8 Å². The van der Waals surface area contributed by atoms with Gasteiger partial charge in [0, 0.05) is 26.0 Å². The van der Waals surface area contributed by atoms with Gasteiger partial charge in [-0.3, -0.25) is 9.78 Å². The zero-order valence-corrected chi connectivity index (χ0v) is 16.5. The van der Waals surface area contributed by atoms with E-state index in [0.717, 1.165) is 30.8 Å². The lowest BCUT2D eigenvalue weighted by Crippen LogP contribution is -2.39. The molecule has 1 aromatic heterocycles. The quantitative estimate of drug-likeness (QED) is 0.690. The van der Waals surface area contributed by atoms with Gasteiger partial charge < -0.3 is 14.5 Å². The van der Waals surface area contributed by atoms with Crippen molar-refractivity contribution in [2.45, 2.75) is 25.3 Å². The van der Waals surface area contributed by atoms with Crippen molar-refractivity contribution in [3.8, 4) is 0 Å². The highest BCUT2D eigenvalue weighted by molar-refractivity contribution is 5.89. The minimum absolute atomic E-state index is 0.0337. The zero-order valence-electron chi connectivity index (χ0n) is 16.5. The summed E-state index contributed by atoms with van der Waals surface area (Å²) in [5.41, 5.74) is 2.40. The van der Waals surface area contributed by atoms with Crippen LogP contribution in [0.2, 0.25) is 0 Å². The molecule has 0 saturated carbocycles. The molecule has 0 spiro atoms. The van der Waals surface area contributed by atoms with Gasteiger partial charge in [-0.15, -0.1) is 0 Å². The van der Waals surface area contributed by atoms with Gasteiger partial charge in [-0.05, 0) is 55.3 Å². The Bertz CT molecular complexity index is 786. The lowest BCUT2D eigenvalue weighted by Gasteiger charge is -2.32. The first-order valence-electron chi connectivity index (χ1n) is 9.63. The number of esters is 1. The lowest BCUT2D eigenvalue weighted by atomic mass is 10.0. The van der Waals surface area contributed by atoms with E-state index >= 15 is 0 Å². The summed E-state index contributed by atoms with van der Waals surface area (Å²) in [6, 6.07) is 10.9. The van der Waals surface area contributed by atoms with Crippen molar-refractivity contribution in [3.63, 3.8) is 0 Å². The number of hydrogen-bond donors (Lipinski definition) is 0. The standard InChI is InChI=1S/C22H27N3O3/c1-24(21(26)14-17-7-9-18(10-8-17)22(27)28-2)20(16-25-12-3-4-13-25)19-6-5-11-23-15-19/h5-11,15,20H,3-4,12-14,16H2,1-2H3. The Morgan fingerprint density at radius 1 is 1.18 bits per heavy atom. The molecule has 2 aromatic rings. The van der Waals surface area contributed by atoms with Crippen LogP contribution in [0.5, 0.6) is 0 Å². The van der Waals surface area contributed by atoms with Gasteiger partial charge in [-0.2, -0.15) is 0 Å². The van der Waals surface area contributed by atoms with Gasteiger partial charge in [0.2, 0.25) is 5.91 Å². The summed E-state index contributed by atoms with van der Waals surface area (Å²) in [6.07, 6.45) is 6.30. The molecule has 28 heavy (non-hydrogen) atoms. The number of benzene rings is 1. The van der Waals surface area contributed by atoms with Gasteiger partial charge >= 0.3 is 5.97 Å². The molecule has 1 aromatic carbocycles. The van der Waals surface area contributed by atoms with Crippen LogP contribution in [0.15, 0.2) is 48.8 Å². The average Bonchev–Trinajstić information content (AvgIpc) is 3.25. The molecule has 0 radical (unpaired) electrons. The molecule has 0 aliphatic carbocycles. The van der Waals surface area contributed by atoms with E-state index in [1.54, 1.807) is 30.5 Å². The maximum atomic E-state index is 13.0. The second kappa shape index (κ2) is 9.46. The van der Waals surface area contributed by atoms with E-state index in [2.05, 4.69) is 9.88 Å². The first-order chi connectivity index (χ1) is 13.6. The summed E-state index contributed by atoms with van der Waals surface area (Å²) < 4.78 is 4.71. The van der Waals surface area contributed by atoms with Gasteiger partial charge in [0.25, 0.3) is 0 Å². The summed E-state index contributed by atoms with van der Waals surface area (Å²) in [7, 11) is 3.21. The molecular weight excluding hydrogens is 354 g/mol. The van der Waals surface area contributed by atoms with Crippen LogP contribution >= 0.6 is 0 Å². The molecule has 0 bridgehead atoms. The van der Waals surface area contributed by atoms with Crippen LogP contribution in [0.4, 0.5) is 0 Å². The molecule has 1 aliphatic rings. The SMILES string of the molecule is COC(=O)c1ccc(CC(=O)N(C)C(CN2CCCC2)c2cccnc2)cc1. The van der Waals surface area contributed by atoms with Gasteiger partial charge in [-0.1, -0.05) is 18.2 Å². The van der Waals surface area contributed by atoms with Crippen LogP contribution in [0, 0.1) is 0 Å². The molecule has 3 rings (SSSR count). The Morgan fingerprint density at radius 3 is 2.50 bits per heavy atom. The number of nitrogens with zero attached hydrogens (tertiary/aromatic N) is 3. The Labute approximate surface area is 166 Å². The minimum atomic E-state index is -0.378. The van der Waals surface area contributed by atoms with Crippen LogP contribution in [0.25, 0.3) is 0 Å². The number of rotatable bonds is 7. The van der Waals surface area contributed by atoms with Gasteiger partial charge in [0.15, 0.2) is 0 Å². The summed E-state index contributed by atoms with van der Waals surface area (Å²) >= 11 is 0. The molecule has 1 amide bonds. The van der Waals surface area contributed by atoms with Crippen molar-refractivity contribution in [2.75, 3.05) is 33.8 Å². The maximum absolute atomic E-state index is 13.0. The molecule has 1 fully saturated rings. The van der Waals surface area contributed by atoms with Gasteiger partial charge in [0.1, 0.15) is 0 Å². The lowest BCUT2D eigenvalue weighted by molar-refractivity contribution is -0.131. The molecule has 0 N–H and O–H groups in total. The number of likely N-dealkylation sites (N-methyl/N-ethyl adjacent to an activating group) is 1. The number of methoxy groups -OCH3 is 1. The third-order valence-electron chi connectivity index (χ3n) is 5.29. The number of carbonyl (C=O) groups excluding carboxylic acids is 2. The topological polar surface area (TPSA) is 62.7 Å². The minimum Gasteiger partial charge on any atom is -0.465 e. The van der Waals surface area contributed by atoms with E-state index in [-0.39, 0.29) is 24.3 Å². The third kappa shape index (κ3) is 4.95. The van der Waals surface area contributed by atoms with Crippen molar-refractivity contribution in [1.29, 1.82) is 0 Å². The van der Waals surface area contributed by atoms with Crippen LogP contribution in [-0.2, 0) is 16.0 Å². The predicted molar refractivity (Wildman–Crippen MR) is 107 cm³/mol. The number of carbonyl (C=O) groups is 2. The summed E-state index contributed by atoms with van der Waals surface area (Å²) in [4.78, 5) is 33.0. The van der Waals surface area contributed by atoms with E-state index in [1.165, 1.54) is 20.0 Å². The van der Waals surface area contributed by atoms with Crippen LogP contribution in [0.3, 0.4) is 0 Å². The first-order valence-corrected chi connectivity index (χ1v) is 9.63. The molecule has 1 aliphatic heterocycles. The molecule has 1 saturated heterocycles. The molecule has 1 unspecified atom stereocenters. The molecular formula is C22H27N3O3. The Kier molecular flexibility index (Phi) is 6.76. The smallest absolute Gasteiger partial charge is 0.337 e. The molecule has 6 nitrogen and oxygen atoms in total. The van der Waals surface area contributed by atoms with E-state index in [9.17, 15) is 9.59 Å². The molecule has 6 heteroatoms. The fourth-order valence-electron chi connectivity index (χ4n) is 3.58. The number of amides is 1. The van der Waals surface area contributed by atoms with E-state index < -0.39 is 0 Å². The summed E-state index contributed by atoms with van der Waals surface area (Å²) in [5.74, 6) is -0.337. The Balaban J connectivity index is 1.71. The second-order valence-electron chi connectivity index (χ2n) is 7.18. The largest absolute Gasteiger partial charge is 0.465 e. The number of pyridine rings is 1. The Morgan fingerprint density at radius 2 is 1.89 bits per heavy atom. The second-order valence-corrected chi connectivity index (χ2v) is 7.18. The van der Waals surface area contributed by atoms with Crippen LogP contribution in [0.1, 0.15) is 40.4 Å². The predicted octanol–water partition coefficient (Wildman–Crippen LogP) is 2.71. The Hall–Kier alpha value is -2.73. The number of aromatic nitrogens is 1. The highest BCUT2D eigenvalue weighted by Crippen LogP contribution is 2.23. The fourth-order valence-corrected chi connectivity index (χ4v) is 3.58. The van der Waals surface area contributed by atoms with Crippen molar-refractivity contribution in [2.24, 2.45) is 0 Å². The van der Waals surface area contributed by atoms with E-state index in [0.29, 0.717) is 5.56 Å². The average molecular weight is 381 g/mol. The van der Waals surface area contributed by atoms with Gasteiger partial charge in [0.05, 0.1) is 25.1 Å². The summed E-state index contributed by atoms with van der Waals surface area (Å²) in [5, 5.41) is 0. The number of hydrogen-bond acceptors (Lipinski definition) is 5. The normalized spacial score (nSPS) is 15.2. The van der Waals surface area contributed by atoms with Crippen LogP contribution < -0.4 is 0 Å². The van der Waals surface area contributed by atoms with Crippen molar-refractivity contribution in [3.05, 3.63) is 65.5 Å². The number of ether oxygens (including phenoxy) is 1. The monoisotopic (exact) mass is 381 g/mol. The first kappa shape index (κ1) is 20.0. The third-order valence-corrected chi connectivity index (χ3v) is 5.29. The molecule has 148 valence electrons. The fraction of sp³-hybridized carbons (Fsp3) is 0.409. The van der Waals surface area contributed by atoms with E-state index in [4.69, 9.17) is 4.74 Å². The van der Waals surface area contributed by atoms with E-state index in [1.807, 2.05) is 30.3 Å². The molecule has 2 heterocycles.